The number of hydrogen-bond donors (Lipinski definition) is 2. The van der Waals surface area contributed by atoms with Crippen LogP contribution in [0.15, 0.2) is 36.8 Å². The number of hydrogen-bond acceptors (Lipinski definition) is 7. The van der Waals surface area contributed by atoms with E-state index in [-0.39, 0.29) is 11.2 Å². The zero-order chi connectivity index (χ0) is 20.6. The molecule has 2 aromatic heterocycles. The van der Waals surface area contributed by atoms with E-state index in [4.69, 9.17) is 0 Å². The predicted octanol–water partition coefficient (Wildman–Crippen LogP) is 2.47. The first kappa shape index (κ1) is 19.3. The maximum absolute atomic E-state index is 10.5. The smallest absolute Gasteiger partial charge is 0.245 e. The first-order valence-corrected chi connectivity index (χ1v) is 9.82. The number of aromatic nitrogens is 5. The van der Waals surface area contributed by atoms with Crippen LogP contribution in [0.4, 0.5) is 5.95 Å². The Labute approximate surface area is 170 Å². The molecule has 3 aromatic rings. The summed E-state index contributed by atoms with van der Waals surface area (Å²) in [6.45, 7) is 9.27. The van der Waals surface area contributed by atoms with Crippen LogP contribution in [-0.2, 0) is 7.05 Å². The summed E-state index contributed by atoms with van der Waals surface area (Å²) < 4.78 is 1.73. The number of aryl methyl sites for hydroxylation is 1. The number of aromatic hydroxyl groups is 1. The molecule has 8 nitrogen and oxygen atoms in total. The topological polar surface area (TPSA) is 92.0 Å². The molecule has 8 heteroatoms. The van der Waals surface area contributed by atoms with Gasteiger partial charge in [-0.15, -0.1) is 10.2 Å². The average Bonchev–Trinajstić information content (AvgIpc) is 3.14. The van der Waals surface area contributed by atoms with E-state index in [1.54, 1.807) is 23.1 Å². The van der Waals surface area contributed by atoms with Gasteiger partial charge in [-0.3, -0.25) is 4.68 Å². The number of phenols is 1. The fourth-order valence-electron chi connectivity index (χ4n) is 3.55. The summed E-state index contributed by atoms with van der Waals surface area (Å²) in [5, 5.41) is 26.9. The Balaban J connectivity index is 1.53. The molecule has 0 spiro atoms. The molecule has 4 rings (SSSR count). The van der Waals surface area contributed by atoms with Crippen molar-refractivity contribution in [2.45, 2.75) is 26.8 Å². The lowest BCUT2D eigenvalue weighted by Crippen LogP contribution is -2.56. The predicted molar refractivity (Wildman–Crippen MR) is 113 cm³/mol. The molecular formula is C21H27N7O. The Morgan fingerprint density at radius 1 is 1.14 bits per heavy atom. The van der Waals surface area contributed by atoms with Crippen LogP contribution in [0.3, 0.4) is 0 Å². The first-order valence-electron chi connectivity index (χ1n) is 9.82. The highest BCUT2D eigenvalue weighted by Gasteiger charge is 2.30. The highest BCUT2D eigenvalue weighted by atomic mass is 16.3. The zero-order valence-corrected chi connectivity index (χ0v) is 17.3. The molecular weight excluding hydrogens is 366 g/mol. The van der Waals surface area contributed by atoms with Crippen molar-refractivity contribution < 1.29 is 5.11 Å². The fraction of sp³-hybridized carbons (Fsp3) is 0.429. The van der Waals surface area contributed by atoms with E-state index in [0.717, 1.165) is 30.8 Å². The standard InChI is InChI=1S/C21H27N7O/c1-21(2,3)19-13-28(8-7-22-19)20-23-11-17(25-26-20)16-6-5-14(9-18(16)29)15-10-24-27(4)12-15/h5-6,9-12,19,22,29H,7-8,13H2,1-4H3. The van der Waals surface area contributed by atoms with Gasteiger partial charge in [-0.25, -0.2) is 4.98 Å². The highest BCUT2D eigenvalue weighted by molar-refractivity contribution is 5.73. The lowest BCUT2D eigenvalue weighted by atomic mass is 9.85. The first-order chi connectivity index (χ1) is 13.8. The molecule has 0 radical (unpaired) electrons. The lowest BCUT2D eigenvalue weighted by molar-refractivity contribution is 0.252. The van der Waals surface area contributed by atoms with Crippen molar-refractivity contribution in [1.29, 1.82) is 0 Å². The third kappa shape index (κ3) is 4.07. The number of phenolic OH excluding ortho intramolecular Hbond substituents is 1. The van der Waals surface area contributed by atoms with Crippen LogP contribution in [0, 0.1) is 5.41 Å². The van der Waals surface area contributed by atoms with Gasteiger partial charge in [0.1, 0.15) is 11.4 Å². The minimum absolute atomic E-state index is 0.144. The largest absolute Gasteiger partial charge is 0.507 e. The van der Waals surface area contributed by atoms with E-state index in [2.05, 4.69) is 51.3 Å². The van der Waals surface area contributed by atoms with Crippen molar-refractivity contribution in [3.05, 3.63) is 36.8 Å². The second-order valence-corrected chi connectivity index (χ2v) is 8.60. The molecule has 1 saturated heterocycles. The van der Waals surface area contributed by atoms with Gasteiger partial charge in [0.2, 0.25) is 5.95 Å². The van der Waals surface area contributed by atoms with Gasteiger partial charge in [0.15, 0.2) is 0 Å². The lowest BCUT2D eigenvalue weighted by Gasteiger charge is -2.40. The Kier molecular flexibility index (Phi) is 4.96. The van der Waals surface area contributed by atoms with E-state index in [1.165, 1.54) is 0 Å². The highest BCUT2D eigenvalue weighted by Crippen LogP contribution is 2.32. The Morgan fingerprint density at radius 3 is 2.59 bits per heavy atom. The molecule has 1 atom stereocenters. The van der Waals surface area contributed by atoms with Crippen LogP contribution in [-0.4, -0.2) is 55.7 Å². The number of rotatable bonds is 3. The fourth-order valence-corrected chi connectivity index (χ4v) is 3.55. The van der Waals surface area contributed by atoms with Gasteiger partial charge in [-0.1, -0.05) is 26.8 Å². The number of nitrogens with zero attached hydrogens (tertiary/aromatic N) is 6. The van der Waals surface area contributed by atoms with Gasteiger partial charge in [0.25, 0.3) is 0 Å². The maximum Gasteiger partial charge on any atom is 0.245 e. The summed E-state index contributed by atoms with van der Waals surface area (Å²) in [5.41, 5.74) is 3.16. The van der Waals surface area contributed by atoms with Gasteiger partial charge >= 0.3 is 0 Å². The van der Waals surface area contributed by atoms with Crippen molar-refractivity contribution in [1.82, 2.24) is 30.3 Å². The van der Waals surface area contributed by atoms with E-state index < -0.39 is 0 Å². The van der Waals surface area contributed by atoms with E-state index in [1.807, 2.05) is 25.4 Å². The van der Waals surface area contributed by atoms with Crippen LogP contribution in [0.1, 0.15) is 20.8 Å². The number of anilines is 1. The Bertz CT molecular complexity index is 991. The molecule has 0 amide bonds. The van der Waals surface area contributed by atoms with Crippen molar-refractivity contribution >= 4 is 5.95 Å². The van der Waals surface area contributed by atoms with Crippen LogP contribution < -0.4 is 10.2 Å². The third-order valence-electron chi connectivity index (χ3n) is 5.37. The Morgan fingerprint density at radius 2 is 1.97 bits per heavy atom. The summed E-state index contributed by atoms with van der Waals surface area (Å²) in [6, 6.07) is 5.85. The van der Waals surface area contributed by atoms with Crippen LogP contribution in [0.5, 0.6) is 5.75 Å². The molecule has 29 heavy (non-hydrogen) atoms. The minimum Gasteiger partial charge on any atom is -0.507 e. The molecule has 0 bridgehead atoms. The molecule has 0 aliphatic carbocycles. The van der Waals surface area contributed by atoms with Gasteiger partial charge in [-0.05, 0) is 23.1 Å². The summed E-state index contributed by atoms with van der Waals surface area (Å²) in [5.74, 6) is 0.765. The second kappa shape index (κ2) is 7.44. The number of nitrogens with one attached hydrogen (secondary N) is 1. The third-order valence-corrected chi connectivity index (χ3v) is 5.37. The van der Waals surface area contributed by atoms with Gasteiger partial charge in [0.05, 0.1) is 12.4 Å². The molecule has 1 unspecified atom stereocenters. The normalized spacial score (nSPS) is 17.5. The molecule has 1 aromatic carbocycles. The van der Waals surface area contributed by atoms with Gasteiger partial charge < -0.3 is 15.3 Å². The van der Waals surface area contributed by atoms with Crippen LogP contribution in [0.25, 0.3) is 22.4 Å². The molecule has 152 valence electrons. The summed E-state index contributed by atoms with van der Waals surface area (Å²) in [4.78, 5) is 6.68. The minimum atomic E-state index is 0.144. The molecule has 1 fully saturated rings. The summed E-state index contributed by atoms with van der Waals surface area (Å²) >= 11 is 0. The van der Waals surface area contributed by atoms with E-state index in [9.17, 15) is 5.11 Å². The molecule has 3 heterocycles. The van der Waals surface area contributed by atoms with Crippen molar-refractivity contribution in [3.63, 3.8) is 0 Å². The molecule has 1 aliphatic rings. The monoisotopic (exact) mass is 393 g/mol. The van der Waals surface area contributed by atoms with E-state index >= 15 is 0 Å². The SMILES string of the molecule is Cn1cc(-c2ccc(-c3cnc(N4CCNC(C(C)(C)C)C4)nn3)c(O)c2)cn1. The molecule has 2 N–H and O–H groups in total. The van der Waals surface area contributed by atoms with Gasteiger partial charge in [0, 0.05) is 50.0 Å². The molecule has 0 saturated carbocycles. The van der Waals surface area contributed by atoms with Crippen LogP contribution in [0.2, 0.25) is 0 Å². The van der Waals surface area contributed by atoms with Gasteiger partial charge in [-0.2, -0.15) is 5.10 Å². The Hall–Kier alpha value is -3.00. The number of benzene rings is 1. The van der Waals surface area contributed by atoms with Crippen molar-refractivity contribution in [2.24, 2.45) is 12.5 Å². The second-order valence-electron chi connectivity index (χ2n) is 8.60. The number of piperazine rings is 1. The summed E-state index contributed by atoms with van der Waals surface area (Å²) in [7, 11) is 1.86. The van der Waals surface area contributed by atoms with Crippen molar-refractivity contribution in [2.75, 3.05) is 24.5 Å². The van der Waals surface area contributed by atoms with Crippen molar-refractivity contribution in [3.8, 4) is 28.1 Å². The molecule has 1 aliphatic heterocycles. The maximum atomic E-state index is 10.5. The van der Waals surface area contributed by atoms with Crippen LogP contribution >= 0.6 is 0 Å². The summed E-state index contributed by atoms with van der Waals surface area (Å²) in [6.07, 6.45) is 5.35. The quantitative estimate of drug-likeness (QED) is 0.706. The average molecular weight is 393 g/mol. The zero-order valence-electron chi connectivity index (χ0n) is 17.3. The van der Waals surface area contributed by atoms with E-state index in [0.29, 0.717) is 23.2 Å².